The molecule has 3 rings (SSSR count). The summed E-state index contributed by atoms with van der Waals surface area (Å²) in [5.41, 5.74) is 1.68. The van der Waals surface area contributed by atoms with Crippen molar-refractivity contribution >= 4 is 17.1 Å². The second-order valence-corrected chi connectivity index (χ2v) is 6.21. The van der Waals surface area contributed by atoms with Crippen molar-refractivity contribution in [3.63, 3.8) is 0 Å². The van der Waals surface area contributed by atoms with Crippen LogP contribution < -0.4 is 32.0 Å². The molecule has 0 fully saturated rings. The zero-order valence-electron chi connectivity index (χ0n) is 15.7. The van der Waals surface area contributed by atoms with Gasteiger partial charge in [-0.25, -0.2) is 10.6 Å². The Bertz CT molecular complexity index is 1100. The van der Waals surface area contributed by atoms with Gasteiger partial charge in [0.15, 0.2) is 11.2 Å². The molecule has 0 unspecified atom stereocenters. The van der Waals surface area contributed by atoms with Crippen LogP contribution in [0.3, 0.4) is 0 Å². The number of nitrogens with zero attached hydrogens (tertiary/aromatic N) is 4. The van der Waals surface area contributed by atoms with Crippen molar-refractivity contribution in [1.82, 2.24) is 18.7 Å². The van der Waals surface area contributed by atoms with Gasteiger partial charge in [0.05, 0.1) is 13.7 Å². The monoisotopic (exact) mass is 390 g/mol. The first-order chi connectivity index (χ1) is 13.4. The molecule has 11 nitrogen and oxygen atoms in total. The van der Waals surface area contributed by atoms with Gasteiger partial charge < -0.3 is 19.1 Å². The molecule has 0 spiro atoms. The Labute approximate surface area is 159 Å². The number of nitrogens with one attached hydrogen (secondary N) is 1. The van der Waals surface area contributed by atoms with E-state index in [9.17, 15) is 14.7 Å². The van der Waals surface area contributed by atoms with Gasteiger partial charge in [-0.3, -0.25) is 19.4 Å². The molecule has 150 valence electrons. The summed E-state index contributed by atoms with van der Waals surface area (Å²) in [7, 11) is 4.45. The van der Waals surface area contributed by atoms with E-state index in [1.807, 2.05) is 0 Å². The standard InChI is InChI=1S/C17H22N6O5/c1-21-14-13(15(25)22(2)17(21)26)23(16(19-14)20-18)8-10(24)9-28-12-6-4-11(27-3)5-7-12/h4-7,10,24H,8-9,18H2,1-3H3,(H,19,20)/t10-/m0/s1. The second kappa shape index (κ2) is 7.74. The van der Waals surface area contributed by atoms with Crippen LogP contribution in [0.4, 0.5) is 5.95 Å². The predicted octanol–water partition coefficient (Wildman–Crippen LogP) is -0.832. The molecular formula is C17H22N6O5. The number of hydrazine groups is 1. The number of anilines is 1. The highest BCUT2D eigenvalue weighted by atomic mass is 16.5. The zero-order chi connectivity index (χ0) is 20.4. The number of ether oxygens (including phenoxy) is 2. The molecular weight excluding hydrogens is 368 g/mol. The maximum Gasteiger partial charge on any atom is 0.332 e. The van der Waals surface area contributed by atoms with Gasteiger partial charge in [0.2, 0.25) is 5.95 Å². The van der Waals surface area contributed by atoms with E-state index in [0.29, 0.717) is 11.5 Å². The maximum absolute atomic E-state index is 12.6. The van der Waals surface area contributed by atoms with Crippen molar-refractivity contribution in [1.29, 1.82) is 0 Å². The minimum absolute atomic E-state index is 0.0143. The third-order valence-electron chi connectivity index (χ3n) is 4.37. The van der Waals surface area contributed by atoms with Crippen LogP contribution in [0.25, 0.3) is 11.2 Å². The first-order valence-corrected chi connectivity index (χ1v) is 8.45. The molecule has 28 heavy (non-hydrogen) atoms. The van der Waals surface area contributed by atoms with Gasteiger partial charge in [0, 0.05) is 14.1 Å². The predicted molar refractivity (Wildman–Crippen MR) is 103 cm³/mol. The Morgan fingerprint density at radius 3 is 2.43 bits per heavy atom. The Morgan fingerprint density at radius 2 is 1.82 bits per heavy atom. The van der Waals surface area contributed by atoms with Crippen molar-refractivity contribution in [3.8, 4) is 11.5 Å². The molecule has 0 radical (unpaired) electrons. The summed E-state index contributed by atoms with van der Waals surface area (Å²) < 4.78 is 14.3. The van der Waals surface area contributed by atoms with Gasteiger partial charge in [-0.15, -0.1) is 0 Å². The lowest BCUT2D eigenvalue weighted by atomic mass is 10.3. The van der Waals surface area contributed by atoms with Crippen LogP contribution in [-0.2, 0) is 20.6 Å². The average molecular weight is 390 g/mol. The van der Waals surface area contributed by atoms with Crippen molar-refractivity contribution in [3.05, 3.63) is 45.1 Å². The van der Waals surface area contributed by atoms with Crippen LogP contribution in [0.2, 0.25) is 0 Å². The number of benzene rings is 1. The summed E-state index contributed by atoms with van der Waals surface area (Å²) >= 11 is 0. The summed E-state index contributed by atoms with van der Waals surface area (Å²) in [5.74, 6) is 6.91. The van der Waals surface area contributed by atoms with Gasteiger partial charge in [0.25, 0.3) is 5.56 Å². The molecule has 0 bridgehead atoms. The van der Waals surface area contributed by atoms with Crippen LogP contribution in [-0.4, -0.2) is 43.6 Å². The van der Waals surface area contributed by atoms with E-state index in [0.717, 1.165) is 4.57 Å². The van der Waals surface area contributed by atoms with Crippen LogP contribution in [0.1, 0.15) is 0 Å². The fourth-order valence-electron chi connectivity index (χ4n) is 2.86. The summed E-state index contributed by atoms with van der Waals surface area (Å²) in [5, 5.41) is 10.4. The molecule has 0 amide bonds. The Kier molecular flexibility index (Phi) is 5.38. The first kappa shape index (κ1) is 19.5. The van der Waals surface area contributed by atoms with E-state index in [1.54, 1.807) is 31.4 Å². The maximum atomic E-state index is 12.6. The molecule has 2 aromatic heterocycles. The highest BCUT2D eigenvalue weighted by molar-refractivity contribution is 5.74. The number of methoxy groups -OCH3 is 1. The van der Waals surface area contributed by atoms with Crippen molar-refractivity contribution in [2.45, 2.75) is 12.6 Å². The summed E-state index contributed by atoms with van der Waals surface area (Å²) in [6, 6.07) is 6.92. The van der Waals surface area contributed by atoms with Gasteiger partial charge in [-0.2, -0.15) is 4.98 Å². The molecule has 0 saturated carbocycles. The molecule has 1 aromatic carbocycles. The number of nitrogen functional groups attached to an aromatic ring is 1. The quantitative estimate of drug-likeness (QED) is 0.351. The molecule has 0 aliphatic heterocycles. The number of aromatic nitrogens is 4. The van der Waals surface area contributed by atoms with E-state index in [4.69, 9.17) is 15.3 Å². The van der Waals surface area contributed by atoms with Gasteiger partial charge in [-0.05, 0) is 24.3 Å². The molecule has 11 heteroatoms. The third-order valence-corrected chi connectivity index (χ3v) is 4.37. The number of nitrogens with two attached hydrogens (primary N) is 1. The minimum atomic E-state index is -0.964. The fourth-order valence-corrected chi connectivity index (χ4v) is 2.86. The lowest BCUT2D eigenvalue weighted by Gasteiger charge is -2.15. The Hall–Kier alpha value is -3.31. The number of imidazole rings is 1. The third kappa shape index (κ3) is 3.44. The van der Waals surface area contributed by atoms with Crippen molar-refractivity contribution in [2.75, 3.05) is 19.1 Å². The Morgan fingerprint density at radius 1 is 1.18 bits per heavy atom. The summed E-state index contributed by atoms with van der Waals surface area (Å²) in [4.78, 5) is 28.8. The topological polar surface area (TPSA) is 139 Å². The molecule has 0 aliphatic rings. The van der Waals surface area contributed by atoms with E-state index >= 15 is 0 Å². The summed E-state index contributed by atoms with van der Waals surface area (Å²) in [6.07, 6.45) is -0.964. The van der Waals surface area contributed by atoms with Crippen LogP contribution in [0, 0.1) is 0 Å². The molecule has 1 atom stereocenters. The van der Waals surface area contributed by atoms with E-state index < -0.39 is 17.4 Å². The molecule has 0 saturated heterocycles. The number of aliphatic hydroxyl groups excluding tert-OH is 1. The molecule has 4 N–H and O–H groups in total. The highest BCUT2D eigenvalue weighted by Crippen LogP contribution is 2.18. The SMILES string of the molecule is COc1ccc(OC[C@@H](O)Cn2c(NN)nc3c2c(=O)n(C)c(=O)n3C)cc1. The fraction of sp³-hybridized carbons (Fsp3) is 0.353. The molecule has 0 aliphatic carbocycles. The van der Waals surface area contributed by atoms with Crippen molar-refractivity contribution in [2.24, 2.45) is 19.9 Å². The normalized spacial score (nSPS) is 12.2. The number of hydrogen-bond donors (Lipinski definition) is 3. The lowest BCUT2D eigenvalue weighted by Crippen LogP contribution is -2.38. The molecule has 3 aromatic rings. The van der Waals surface area contributed by atoms with Crippen LogP contribution in [0.5, 0.6) is 11.5 Å². The first-order valence-electron chi connectivity index (χ1n) is 8.45. The molecule has 2 heterocycles. The van der Waals surface area contributed by atoms with E-state index in [-0.39, 0.29) is 30.3 Å². The van der Waals surface area contributed by atoms with Crippen LogP contribution >= 0.6 is 0 Å². The van der Waals surface area contributed by atoms with Crippen LogP contribution in [0.15, 0.2) is 33.9 Å². The average Bonchev–Trinajstić information content (AvgIpc) is 3.07. The Balaban J connectivity index is 1.86. The number of aryl methyl sites for hydroxylation is 1. The summed E-state index contributed by atoms with van der Waals surface area (Å²) in [6.45, 7) is -0.0400. The van der Waals surface area contributed by atoms with Gasteiger partial charge in [-0.1, -0.05) is 0 Å². The van der Waals surface area contributed by atoms with E-state index in [2.05, 4.69) is 10.4 Å². The lowest BCUT2D eigenvalue weighted by molar-refractivity contribution is 0.0938. The number of hydrogen-bond acceptors (Lipinski definition) is 8. The largest absolute Gasteiger partial charge is 0.497 e. The smallest absolute Gasteiger partial charge is 0.332 e. The number of rotatable bonds is 7. The number of fused-ring (bicyclic) bond motifs is 1. The zero-order valence-corrected chi connectivity index (χ0v) is 15.7. The minimum Gasteiger partial charge on any atom is -0.497 e. The second-order valence-electron chi connectivity index (χ2n) is 6.21. The number of aliphatic hydroxyl groups is 1. The highest BCUT2D eigenvalue weighted by Gasteiger charge is 2.20. The van der Waals surface area contributed by atoms with Gasteiger partial charge >= 0.3 is 5.69 Å². The van der Waals surface area contributed by atoms with Gasteiger partial charge in [0.1, 0.15) is 24.2 Å². The van der Waals surface area contributed by atoms with E-state index in [1.165, 1.54) is 23.2 Å². The van der Waals surface area contributed by atoms with Crippen molar-refractivity contribution < 1.29 is 14.6 Å².